The van der Waals surface area contributed by atoms with E-state index in [1.165, 1.54) is 12.1 Å². The second-order valence-corrected chi connectivity index (χ2v) is 4.19. The number of para-hydroxylation sites is 2. The molecule has 2 aromatic carbocycles. The first kappa shape index (κ1) is 11.9. The van der Waals surface area contributed by atoms with Crippen molar-refractivity contribution in [3.63, 3.8) is 0 Å². The molecule has 0 aliphatic heterocycles. The molecule has 0 radical (unpaired) electrons. The maximum Gasteiger partial charge on any atom is 0.231 e. The highest BCUT2D eigenvalue weighted by molar-refractivity contribution is 6.28. The van der Waals surface area contributed by atoms with E-state index in [4.69, 9.17) is 16.3 Å². The normalized spacial score (nSPS) is 10.6. The zero-order valence-electron chi connectivity index (χ0n) is 9.68. The van der Waals surface area contributed by atoms with Crippen molar-refractivity contribution in [2.45, 2.75) is 0 Å². The van der Waals surface area contributed by atoms with Crippen molar-refractivity contribution >= 4 is 22.5 Å². The Balaban J connectivity index is 2.13. The summed E-state index contributed by atoms with van der Waals surface area (Å²) in [5.41, 5.74) is 0.647. The van der Waals surface area contributed by atoms with E-state index in [9.17, 15) is 4.39 Å². The third-order valence-corrected chi connectivity index (χ3v) is 2.75. The standard InChI is InChI=1S/C14H8ClFN2O/c15-14-17-11-7-3-1-5-9(11)13(18-14)19-12-8-4-2-6-10(12)16/h1-8H. The molecule has 0 spiro atoms. The van der Waals surface area contributed by atoms with Gasteiger partial charge >= 0.3 is 0 Å². The van der Waals surface area contributed by atoms with Gasteiger partial charge in [0.15, 0.2) is 11.6 Å². The maximum absolute atomic E-state index is 13.6. The van der Waals surface area contributed by atoms with Gasteiger partial charge in [-0.25, -0.2) is 9.37 Å². The fourth-order valence-electron chi connectivity index (χ4n) is 1.73. The molecule has 3 aromatic rings. The summed E-state index contributed by atoms with van der Waals surface area (Å²) in [5.74, 6) is -0.121. The lowest BCUT2D eigenvalue weighted by molar-refractivity contribution is 0.432. The summed E-state index contributed by atoms with van der Waals surface area (Å²) in [4.78, 5) is 8.08. The van der Waals surface area contributed by atoms with Crippen LogP contribution < -0.4 is 4.74 Å². The van der Waals surface area contributed by atoms with Crippen LogP contribution in [0.1, 0.15) is 0 Å². The van der Waals surface area contributed by atoms with Gasteiger partial charge < -0.3 is 4.74 Å². The maximum atomic E-state index is 13.6. The Bertz CT molecular complexity index is 748. The molecule has 3 rings (SSSR count). The first-order chi connectivity index (χ1) is 9.24. The van der Waals surface area contributed by atoms with Crippen LogP contribution in [0.5, 0.6) is 11.6 Å². The Morgan fingerprint density at radius 3 is 2.53 bits per heavy atom. The number of halogens is 2. The van der Waals surface area contributed by atoms with E-state index in [0.717, 1.165) is 0 Å². The molecule has 0 unspecified atom stereocenters. The van der Waals surface area contributed by atoms with Gasteiger partial charge in [0.25, 0.3) is 0 Å². The molecule has 19 heavy (non-hydrogen) atoms. The van der Waals surface area contributed by atoms with Gasteiger partial charge in [-0.2, -0.15) is 4.98 Å². The Kier molecular flexibility index (Phi) is 3.01. The zero-order chi connectivity index (χ0) is 13.2. The first-order valence-electron chi connectivity index (χ1n) is 5.59. The van der Waals surface area contributed by atoms with Crippen LogP contribution in [0.15, 0.2) is 48.5 Å². The molecule has 0 N–H and O–H groups in total. The summed E-state index contributed by atoms with van der Waals surface area (Å²) in [6.45, 7) is 0. The highest BCUT2D eigenvalue weighted by Crippen LogP contribution is 2.29. The molecule has 0 amide bonds. The predicted octanol–water partition coefficient (Wildman–Crippen LogP) is 4.21. The Morgan fingerprint density at radius 2 is 1.68 bits per heavy atom. The van der Waals surface area contributed by atoms with Gasteiger partial charge in [-0.15, -0.1) is 0 Å². The minimum absolute atomic E-state index is 0.0602. The summed E-state index contributed by atoms with van der Waals surface area (Å²) >= 11 is 5.83. The highest BCUT2D eigenvalue weighted by atomic mass is 35.5. The summed E-state index contributed by atoms with van der Waals surface area (Å²) in [6, 6.07) is 13.4. The number of hydrogen-bond donors (Lipinski definition) is 0. The van der Waals surface area contributed by atoms with Gasteiger partial charge in [-0.05, 0) is 35.9 Å². The highest BCUT2D eigenvalue weighted by Gasteiger charge is 2.10. The molecule has 1 aromatic heterocycles. The quantitative estimate of drug-likeness (QED) is 0.657. The van der Waals surface area contributed by atoms with Crippen LogP contribution in [-0.2, 0) is 0 Å². The van der Waals surface area contributed by atoms with Crippen LogP contribution >= 0.6 is 11.6 Å². The number of ether oxygens (including phenoxy) is 1. The number of aromatic nitrogens is 2. The monoisotopic (exact) mass is 274 g/mol. The minimum Gasteiger partial charge on any atom is -0.435 e. The zero-order valence-corrected chi connectivity index (χ0v) is 10.4. The van der Waals surface area contributed by atoms with E-state index in [-0.39, 0.29) is 16.9 Å². The molecule has 0 saturated heterocycles. The van der Waals surface area contributed by atoms with Gasteiger partial charge in [-0.3, -0.25) is 0 Å². The molecule has 0 saturated carbocycles. The minimum atomic E-state index is -0.457. The Hall–Kier alpha value is -2.20. The molecule has 5 heteroatoms. The molecular weight excluding hydrogens is 267 g/mol. The number of rotatable bonds is 2. The molecule has 94 valence electrons. The van der Waals surface area contributed by atoms with Crippen LogP contribution in [0.3, 0.4) is 0 Å². The summed E-state index contributed by atoms with van der Waals surface area (Å²) in [6.07, 6.45) is 0. The van der Waals surface area contributed by atoms with Crippen LogP contribution in [0.4, 0.5) is 4.39 Å². The molecule has 0 fully saturated rings. The molecule has 0 aliphatic rings. The third-order valence-electron chi connectivity index (χ3n) is 2.58. The fraction of sp³-hybridized carbons (Fsp3) is 0. The van der Waals surface area contributed by atoms with Gasteiger partial charge in [0.1, 0.15) is 0 Å². The van der Waals surface area contributed by atoms with Gasteiger partial charge in [0.2, 0.25) is 11.2 Å². The number of benzene rings is 2. The van der Waals surface area contributed by atoms with Crippen LogP contribution in [-0.4, -0.2) is 9.97 Å². The molecule has 0 bridgehead atoms. The van der Waals surface area contributed by atoms with Crippen molar-refractivity contribution in [1.82, 2.24) is 9.97 Å². The van der Waals surface area contributed by atoms with E-state index in [2.05, 4.69) is 9.97 Å². The van der Waals surface area contributed by atoms with E-state index < -0.39 is 5.82 Å². The number of fused-ring (bicyclic) bond motifs is 1. The lowest BCUT2D eigenvalue weighted by Crippen LogP contribution is -1.94. The summed E-state index contributed by atoms with van der Waals surface area (Å²) in [7, 11) is 0. The Morgan fingerprint density at radius 1 is 0.947 bits per heavy atom. The largest absolute Gasteiger partial charge is 0.435 e. The van der Waals surface area contributed by atoms with Crippen molar-refractivity contribution in [3.05, 3.63) is 59.6 Å². The van der Waals surface area contributed by atoms with Crippen molar-refractivity contribution in [2.24, 2.45) is 0 Å². The predicted molar refractivity (Wildman–Crippen MR) is 71.0 cm³/mol. The molecular formula is C14H8ClFN2O. The molecule has 3 nitrogen and oxygen atoms in total. The topological polar surface area (TPSA) is 35.0 Å². The van der Waals surface area contributed by atoms with Crippen molar-refractivity contribution < 1.29 is 9.13 Å². The molecule has 1 heterocycles. The lowest BCUT2D eigenvalue weighted by Gasteiger charge is -2.08. The fourth-order valence-corrected chi connectivity index (χ4v) is 1.90. The lowest BCUT2D eigenvalue weighted by atomic mass is 10.2. The smallest absolute Gasteiger partial charge is 0.231 e. The van der Waals surface area contributed by atoms with Crippen molar-refractivity contribution in [3.8, 4) is 11.6 Å². The number of nitrogens with zero attached hydrogens (tertiary/aromatic N) is 2. The van der Waals surface area contributed by atoms with Gasteiger partial charge in [0.05, 0.1) is 10.9 Å². The van der Waals surface area contributed by atoms with E-state index in [0.29, 0.717) is 10.9 Å². The molecule has 0 atom stereocenters. The van der Waals surface area contributed by atoms with Gasteiger partial charge in [0, 0.05) is 0 Å². The van der Waals surface area contributed by atoms with Crippen molar-refractivity contribution in [2.75, 3.05) is 0 Å². The van der Waals surface area contributed by atoms with Crippen molar-refractivity contribution in [1.29, 1.82) is 0 Å². The van der Waals surface area contributed by atoms with Gasteiger partial charge in [-0.1, -0.05) is 24.3 Å². The third kappa shape index (κ3) is 2.35. The SMILES string of the molecule is Fc1ccccc1Oc1nc(Cl)nc2ccccc12. The van der Waals surface area contributed by atoms with E-state index in [1.54, 1.807) is 24.3 Å². The Labute approximate surface area is 113 Å². The second kappa shape index (κ2) is 4.82. The van der Waals surface area contributed by atoms with Crippen LogP contribution in [0, 0.1) is 5.82 Å². The second-order valence-electron chi connectivity index (χ2n) is 3.85. The molecule has 0 aliphatic carbocycles. The summed E-state index contributed by atoms with van der Waals surface area (Å²) < 4.78 is 19.1. The first-order valence-corrected chi connectivity index (χ1v) is 5.96. The summed E-state index contributed by atoms with van der Waals surface area (Å²) in [5, 5.41) is 0.736. The average Bonchev–Trinajstić information content (AvgIpc) is 2.41. The number of hydrogen-bond acceptors (Lipinski definition) is 3. The van der Waals surface area contributed by atoms with E-state index in [1.807, 2.05) is 12.1 Å². The average molecular weight is 275 g/mol. The van der Waals surface area contributed by atoms with Crippen LogP contribution in [0.25, 0.3) is 10.9 Å². The van der Waals surface area contributed by atoms with Crippen LogP contribution in [0.2, 0.25) is 5.28 Å². The van der Waals surface area contributed by atoms with E-state index >= 15 is 0 Å².